The molecule has 2 N–H and O–H groups in total. The Labute approximate surface area is 135 Å². The van der Waals surface area contributed by atoms with E-state index in [2.05, 4.69) is 10.6 Å². The summed E-state index contributed by atoms with van der Waals surface area (Å²) in [6.45, 7) is 1.88. The van der Waals surface area contributed by atoms with Crippen molar-refractivity contribution in [1.82, 2.24) is 5.32 Å². The van der Waals surface area contributed by atoms with E-state index in [0.717, 1.165) is 4.88 Å². The van der Waals surface area contributed by atoms with Gasteiger partial charge in [0.05, 0.1) is 21.1 Å². The highest BCUT2D eigenvalue weighted by atomic mass is 35.5. The van der Waals surface area contributed by atoms with E-state index in [0.29, 0.717) is 20.1 Å². The lowest BCUT2D eigenvalue weighted by molar-refractivity contribution is 0.249. The molecule has 1 aromatic carbocycles. The Morgan fingerprint density at radius 2 is 1.95 bits per heavy atom. The van der Waals surface area contributed by atoms with Crippen LogP contribution in [0.5, 0.6) is 0 Å². The molecule has 2 amide bonds. The minimum Gasteiger partial charge on any atom is -0.331 e. The van der Waals surface area contributed by atoms with E-state index in [1.807, 2.05) is 13.0 Å². The molecule has 1 aromatic heterocycles. The summed E-state index contributed by atoms with van der Waals surface area (Å²) >= 11 is 19.1. The fourth-order valence-corrected chi connectivity index (χ4v) is 2.98. The Morgan fingerprint density at radius 3 is 2.60 bits per heavy atom. The van der Waals surface area contributed by atoms with Gasteiger partial charge in [-0.15, -0.1) is 11.3 Å². The molecule has 0 aliphatic heterocycles. The minimum absolute atomic E-state index is 0.148. The molecule has 0 aliphatic carbocycles. The van der Waals surface area contributed by atoms with Crippen molar-refractivity contribution in [3.8, 4) is 0 Å². The summed E-state index contributed by atoms with van der Waals surface area (Å²) in [6, 6.07) is 8.05. The number of thiophene rings is 1. The summed E-state index contributed by atoms with van der Waals surface area (Å²) in [6.07, 6.45) is 0. The minimum atomic E-state index is -0.355. The molecule has 0 fully saturated rings. The summed E-state index contributed by atoms with van der Waals surface area (Å²) in [5, 5.41) is 6.40. The second kappa shape index (κ2) is 6.68. The van der Waals surface area contributed by atoms with Gasteiger partial charge in [-0.2, -0.15) is 0 Å². The van der Waals surface area contributed by atoms with Gasteiger partial charge >= 0.3 is 6.03 Å². The van der Waals surface area contributed by atoms with Crippen LogP contribution >= 0.6 is 46.1 Å². The topological polar surface area (TPSA) is 41.1 Å². The van der Waals surface area contributed by atoms with Gasteiger partial charge in [-0.25, -0.2) is 4.79 Å². The molecular formula is C13H11Cl3N2OS. The molecule has 7 heteroatoms. The van der Waals surface area contributed by atoms with Gasteiger partial charge in [0.25, 0.3) is 0 Å². The molecule has 0 bridgehead atoms. The third-order valence-corrected chi connectivity index (χ3v) is 4.52. The van der Waals surface area contributed by atoms with Gasteiger partial charge in [0.1, 0.15) is 0 Å². The van der Waals surface area contributed by atoms with Crippen LogP contribution in [0.4, 0.5) is 10.5 Å². The molecule has 106 valence electrons. The average Bonchev–Trinajstić information content (AvgIpc) is 2.80. The van der Waals surface area contributed by atoms with Crippen molar-refractivity contribution in [2.75, 3.05) is 5.32 Å². The predicted octanol–water partition coefficient (Wildman–Crippen LogP) is 5.59. The van der Waals surface area contributed by atoms with Crippen LogP contribution < -0.4 is 10.6 Å². The maximum absolute atomic E-state index is 11.9. The fourth-order valence-electron chi connectivity index (χ4n) is 1.58. The predicted molar refractivity (Wildman–Crippen MR) is 86.4 cm³/mol. The third kappa shape index (κ3) is 4.03. The van der Waals surface area contributed by atoms with Crippen LogP contribution in [0, 0.1) is 0 Å². The Morgan fingerprint density at radius 1 is 1.20 bits per heavy atom. The molecule has 1 unspecified atom stereocenters. The maximum atomic E-state index is 11.9. The van der Waals surface area contributed by atoms with Crippen molar-refractivity contribution in [2.24, 2.45) is 0 Å². The first kappa shape index (κ1) is 15.4. The lowest BCUT2D eigenvalue weighted by Crippen LogP contribution is -2.30. The van der Waals surface area contributed by atoms with Crippen molar-refractivity contribution >= 4 is 57.9 Å². The van der Waals surface area contributed by atoms with Gasteiger partial charge in [0.2, 0.25) is 0 Å². The summed E-state index contributed by atoms with van der Waals surface area (Å²) in [4.78, 5) is 12.9. The second-order valence-electron chi connectivity index (χ2n) is 4.09. The number of halogens is 3. The number of nitrogens with one attached hydrogen (secondary N) is 2. The second-order valence-corrected chi connectivity index (χ2v) is 6.68. The SMILES string of the molecule is CC(NC(=O)Nc1cc(Cl)ccc1Cl)c1ccc(Cl)s1. The zero-order valence-electron chi connectivity index (χ0n) is 10.4. The van der Waals surface area contributed by atoms with Gasteiger partial charge in [0.15, 0.2) is 0 Å². The number of anilines is 1. The normalized spacial score (nSPS) is 12.0. The van der Waals surface area contributed by atoms with Crippen LogP contribution in [0.15, 0.2) is 30.3 Å². The van der Waals surface area contributed by atoms with Crippen molar-refractivity contribution < 1.29 is 4.79 Å². The molecule has 0 aliphatic rings. The van der Waals surface area contributed by atoms with E-state index in [9.17, 15) is 4.79 Å². The number of hydrogen-bond acceptors (Lipinski definition) is 2. The quantitative estimate of drug-likeness (QED) is 0.745. The first-order valence-electron chi connectivity index (χ1n) is 5.73. The molecule has 1 atom stereocenters. The standard InChI is InChI=1S/C13H11Cl3N2OS/c1-7(11-4-5-12(16)20-11)17-13(19)18-10-6-8(14)2-3-9(10)15/h2-7H,1H3,(H2,17,18,19). The number of rotatable bonds is 3. The van der Waals surface area contributed by atoms with E-state index in [-0.39, 0.29) is 12.1 Å². The molecular weight excluding hydrogens is 339 g/mol. The van der Waals surface area contributed by atoms with Crippen LogP contribution in [-0.2, 0) is 0 Å². The van der Waals surface area contributed by atoms with Crippen LogP contribution in [0.2, 0.25) is 14.4 Å². The summed E-state index contributed by atoms with van der Waals surface area (Å²) in [5.74, 6) is 0. The Hall–Kier alpha value is -0.940. The van der Waals surface area contributed by atoms with E-state index in [4.69, 9.17) is 34.8 Å². The fraction of sp³-hybridized carbons (Fsp3) is 0.154. The third-order valence-electron chi connectivity index (χ3n) is 2.54. The van der Waals surface area contributed by atoms with E-state index in [1.54, 1.807) is 24.3 Å². The number of urea groups is 1. The van der Waals surface area contributed by atoms with Crippen LogP contribution in [0.3, 0.4) is 0 Å². The molecule has 3 nitrogen and oxygen atoms in total. The van der Waals surface area contributed by atoms with Crippen LogP contribution in [-0.4, -0.2) is 6.03 Å². The summed E-state index contributed by atoms with van der Waals surface area (Å²) < 4.78 is 0.687. The highest BCUT2D eigenvalue weighted by Crippen LogP contribution is 2.27. The number of hydrogen-bond donors (Lipinski definition) is 2. The maximum Gasteiger partial charge on any atom is 0.319 e. The molecule has 2 rings (SSSR count). The molecule has 0 radical (unpaired) electrons. The van der Waals surface area contributed by atoms with Gasteiger partial charge in [0, 0.05) is 9.90 Å². The number of amides is 2. The Kier molecular flexibility index (Phi) is 5.16. The van der Waals surface area contributed by atoms with Gasteiger partial charge < -0.3 is 10.6 Å². The van der Waals surface area contributed by atoms with Crippen LogP contribution in [0.25, 0.3) is 0 Å². The number of carbonyl (C=O) groups excluding carboxylic acids is 1. The first-order chi connectivity index (χ1) is 9.45. The lowest BCUT2D eigenvalue weighted by Gasteiger charge is -2.14. The Balaban J connectivity index is 2.00. The number of carbonyl (C=O) groups is 1. The smallest absolute Gasteiger partial charge is 0.319 e. The van der Waals surface area contributed by atoms with Gasteiger partial charge in [-0.05, 0) is 37.3 Å². The lowest BCUT2D eigenvalue weighted by atomic mass is 10.3. The highest BCUT2D eigenvalue weighted by Gasteiger charge is 2.12. The molecule has 0 saturated carbocycles. The average molecular weight is 350 g/mol. The van der Waals surface area contributed by atoms with Gasteiger partial charge in [-0.3, -0.25) is 0 Å². The zero-order valence-corrected chi connectivity index (χ0v) is 13.5. The molecule has 20 heavy (non-hydrogen) atoms. The monoisotopic (exact) mass is 348 g/mol. The highest BCUT2D eigenvalue weighted by molar-refractivity contribution is 7.16. The molecule has 0 saturated heterocycles. The molecule has 2 aromatic rings. The van der Waals surface area contributed by atoms with Crippen LogP contribution in [0.1, 0.15) is 17.8 Å². The largest absolute Gasteiger partial charge is 0.331 e. The summed E-state index contributed by atoms with van der Waals surface area (Å²) in [7, 11) is 0. The first-order valence-corrected chi connectivity index (χ1v) is 7.68. The molecule has 0 spiro atoms. The van der Waals surface area contributed by atoms with Crippen molar-refractivity contribution in [3.63, 3.8) is 0 Å². The molecule has 1 heterocycles. The summed E-state index contributed by atoms with van der Waals surface area (Å²) in [5.41, 5.74) is 0.466. The van der Waals surface area contributed by atoms with E-state index < -0.39 is 0 Å². The van der Waals surface area contributed by atoms with Crippen molar-refractivity contribution in [1.29, 1.82) is 0 Å². The van der Waals surface area contributed by atoms with Gasteiger partial charge in [-0.1, -0.05) is 34.8 Å². The van der Waals surface area contributed by atoms with E-state index in [1.165, 1.54) is 11.3 Å². The zero-order chi connectivity index (χ0) is 14.7. The Bertz CT molecular complexity index is 630. The van der Waals surface area contributed by atoms with Crippen molar-refractivity contribution in [2.45, 2.75) is 13.0 Å². The van der Waals surface area contributed by atoms with Crippen molar-refractivity contribution in [3.05, 3.63) is 49.6 Å². The van der Waals surface area contributed by atoms with E-state index >= 15 is 0 Å². The number of benzene rings is 1.